The average molecular weight is 255 g/mol. The number of hydrogen-bond donors (Lipinski definition) is 1. The molecule has 0 radical (unpaired) electrons. The number of hydrogen-bond acceptors (Lipinski definition) is 2. The van der Waals surface area contributed by atoms with Crippen LogP contribution in [0.1, 0.15) is 72.1 Å². The summed E-state index contributed by atoms with van der Waals surface area (Å²) in [6.07, 6.45) is 10.4. The van der Waals surface area contributed by atoms with E-state index in [2.05, 4.69) is 33.1 Å². The molecule has 1 aliphatic carbocycles. The van der Waals surface area contributed by atoms with Crippen molar-refractivity contribution in [2.75, 3.05) is 13.7 Å². The Morgan fingerprint density at radius 2 is 1.89 bits per heavy atom. The summed E-state index contributed by atoms with van der Waals surface area (Å²) < 4.78 is 6.24. The molecule has 18 heavy (non-hydrogen) atoms. The second-order valence-electron chi connectivity index (χ2n) is 6.02. The van der Waals surface area contributed by atoms with E-state index < -0.39 is 0 Å². The molecule has 0 saturated heterocycles. The third kappa shape index (κ3) is 4.24. The minimum absolute atomic E-state index is 0.115. The van der Waals surface area contributed by atoms with Crippen LogP contribution in [0.4, 0.5) is 0 Å². The Morgan fingerprint density at radius 3 is 2.39 bits per heavy atom. The first-order chi connectivity index (χ1) is 8.68. The van der Waals surface area contributed by atoms with Crippen molar-refractivity contribution in [1.82, 2.24) is 5.32 Å². The summed E-state index contributed by atoms with van der Waals surface area (Å²) in [6.45, 7) is 7.63. The highest BCUT2D eigenvalue weighted by Crippen LogP contribution is 2.38. The van der Waals surface area contributed by atoms with Crippen molar-refractivity contribution >= 4 is 0 Å². The number of rotatable bonds is 8. The topological polar surface area (TPSA) is 21.3 Å². The van der Waals surface area contributed by atoms with Crippen LogP contribution in [0.5, 0.6) is 0 Å². The number of nitrogens with one attached hydrogen (secondary N) is 1. The fourth-order valence-electron chi connectivity index (χ4n) is 3.40. The van der Waals surface area contributed by atoms with Crippen molar-refractivity contribution in [2.24, 2.45) is 5.92 Å². The van der Waals surface area contributed by atoms with Gasteiger partial charge >= 0.3 is 0 Å². The first-order valence-electron chi connectivity index (χ1n) is 7.99. The predicted molar refractivity (Wildman–Crippen MR) is 79.0 cm³/mol. The lowest BCUT2D eigenvalue weighted by Gasteiger charge is -2.45. The van der Waals surface area contributed by atoms with Gasteiger partial charge in [-0.1, -0.05) is 33.1 Å². The van der Waals surface area contributed by atoms with E-state index >= 15 is 0 Å². The maximum atomic E-state index is 6.24. The van der Waals surface area contributed by atoms with Crippen molar-refractivity contribution in [3.63, 3.8) is 0 Å². The van der Waals surface area contributed by atoms with Gasteiger partial charge in [-0.05, 0) is 52.0 Å². The molecule has 0 bridgehead atoms. The van der Waals surface area contributed by atoms with Gasteiger partial charge < -0.3 is 10.1 Å². The summed E-state index contributed by atoms with van der Waals surface area (Å²) in [7, 11) is 2.11. The van der Waals surface area contributed by atoms with Gasteiger partial charge in [0.2, 0.25) is 0 Å². The lowest BCUT2D eigenvalue weighted by atomic mass is 9.74. The molecule has 2 nitrogen and oxygen atoms in total. The highest BCUT2D eigenvalue weighted by molar-refractivity contribution is 4.96. The Labute approximate surface area is 114 Å². The Hall–Kier alpha value is -0.0800. The molecule has 0 aromatic rings. The molecule has 1 atom stereocenters. The van der Waals surface area contributed by atoms with Crippen LogP contribution in [0, 0.1) is 5.92 Å². The van der Waals surface area contributed by atoms with Gasteiger partial charge in [0, 0.05) is 12.6 Å². The molecule has 1 fully saturated rings. The van der Waals surface area contributed by atoms with Gasteiger partial charge in [-0.3, -0.25) is 0 Å². The SMILES string of the molecule is CCCCCC(NC)C1(OCC)CCC(C)CC1. The Kier molecular flexibility index (Phi) is 7.25. The molecule has 2 heteroatoms. The molecule has 0 aliphatic heterocycles. The summed E-state index contributed by atoms with van der Waals surface area (Å²) >= 11 is 0. The number of ether oxygens (including phenoxy) is 1. The summed E-state index contributed by atoms with van der Waals surface area (Å²) in [4.78, 5) is 0. The summed E-state index contributed by atoms with van der Waals surface area (Å²) in [6, 6.07) is 0.538. The summed E-state index contributed by atoms with van der Waals surface area (Å²) in [5, 5.41) is 3.55. The quantitative estimate of drug-likeness (QED) is 0.658. The van der Waals surface area contributed by atoms with E-state index in [1.807, 2.05) is 0 Å². The standard InChI is InChI=1S/C16H33NO/c1-5-7-8-9-15(17-4)16(18-6-2)12-10-14(3)11-13-16/h14-15,17H,5-13H2,1-4H3. The molecule has 0 aromatic carbocycles. The number of unbranched alkanes of at least 4 members (excludes halogenated alkanes) is 2. The van der Waals surface area contributed by atoms with Crippen molar-refractivity contribution in [3.8, 4) is 0 Å². The van der Waals surface area contributed by atoms with Crippen molar-refractivity contribution < 1.29 is 4.74 Å². The minimum Gasteiger partial charge on any atom is -0.374 e. The first kappa shape index (κ1) is 16.0. The van der Waals surface area contributed by atoms with Gasteiger partial charge in [-0.15, -0.1) is 0 Å². The van der Waals surface area contributed by atoms with Crippen molar-refractivity contribution in [3.05, 3.63) is 0 Å². The second-order valence-corrected chi connectivity index (χ2v) is 6.02. The lowest BCUT2D eigenvalue weighted by Crippen LogP contribution is -2.53. The maximum absolute atomic E-state index is 6.24. The van der Waals surface area contributed by atoms with Crippen molar-refractivity contribution in [1.29, 1.82) is 0 Å². The highest BCUT2D eigenvalue weighted by Gasteiger charge is 2.40. The molecular weight excluding hydrogens is 222 g/mol. The largest absolute Gasteiger partial charge is 0.374 e. The normalized spacial score (nSPS) is 30.3. The van der Waals surface area contributed by atoms with E-state index in [0.29, 0.717) is 6.04 Å². The van der Waals surface area contributed by atoms with Gasteiger partial charge in [0.1, 0.15) is 0 Å². The van der Waals surface area contributed by atoms with Crippen LogP contribution >= 0.6 is 0 Å². The molecule has 0 spiro atoms. The van der Waals surface area contributed by atoms with Gasteiger partial charge in [-0.25, -0.2) is 0 Å². The molecule has 0 aromatic heterocycles. The minimum atomic E-state index is 0.115. The Bertz CT molecular complexity index is 209. The van der Waals surface area contributed by atoms with E-state index in [9.17, 15) is 0 Å². The van der Waals surface area contributed by atoms with E-state index in [4.69, 9.17) is 4.74 Å². The predicted octanol–water partition coefficient (Wildman–Crippen LogP) is 4.14. The van der Waals surface area contributed by atoms with E-state index in [-0.39, 0.29) is 5.60 Å². The number of likely N-dealkylation sites (N-methyl/N-ethyl adjacent to an activating group) is 1. The van der Waals surface area contributed by atoms with Crippen LogP contribution in [0.25, 0.3) is 0 Å². The van der Waals surface area contributed by atoms with Crippen LogP contribution < -0.4 is 5.32 Å². The zero-order valence-electron chi connectivity index (χ0n) is 12.9. The Morgan fingerprint density at radius 1 is 1.22 bits per heavy atom. The van der Waals surface area contributed by atoms with Gasteiger partial charge in [-0.2, -0.15) is 0 Å². The van der Waals surface area contributed by atoms with E-state index in [1.54, 1.807) is 0 Å². The second kappa shape index (κ2) is 8.16. The molecule has 108 valence electrons. The average Bonchev–Trinajstić information content (AvgIpc) is 2.38. The summed E-state index contributed by atoms with van der Waals surface area (Å²) in [5.41, 5.74) is 0.115. The highest BCUT2D eigenvalue weighted by atomic mass is 16.5. The van der Waals surface area contributed by atoms with Gasteiger partial charge in [0.15, 0.2) is 0 Å². The van der Waals surface area contributed by atoms with Crippen LogP contribution in [-0.4, -0.2) is 25.3 Å². The lowest BCUT2D eigenvalue weighted by molar-refractivity contribution is -0.0967. The maximum Gasteiger partial charge on any atom is 0.0834 e. The molecule has 1 N–H and O–H groups in total. The molecule has 1 saturated carbocycles. The molecule has 1 rings (SSSR count). The monoisotopic (exact) mass is 255 g/mol. The first-order valence-corrected chi connectivity index (χ1v) is 7.99. The third-order valence-electron chi connectivity index (χ3n) is 4.63. The van der Waals surface area contributed by atoms with E-state index in [1.165, 1.54) is 51.4 Å². The fourth-order valence-corrected chi connectivity index (χ4v) is 3.40. The van der Waals surface area contributed by atoms with Gasteiger partial charge in [0.25, 0.3) is 0 Å². The zero-order valence-corrected chi connectivity index (χ0v) is 12.9. The molecule has 0 amide bonds. The van der Waals surface area contributed by atoms with Crippen LogP contribution in [0.15, 0.2) is 0 Å². The molecule has 0 heterocycles. The smallest absolute Gasteiger partial charge is 0.0834 e. The zero-order chi connectivity index (χ0) is 13.4. The van der Waals surface area contributed by atoms with E-state index in [0.717, 1.165) is 12.5 Å². The Balaban J connectivity index is 2.61. The van der Waals surface area contributed by atoms with Crippen LogP contribution in [0.2, 0.25) is 0 Å². The summed E-state index contributed by atoms with van der Waals surface area (Å²) in [5.74, 6) is 0.881. The molecular formula is C16H33NO. The van der Waals surface area contributed by atoms with Gasteiger partial charge in [0.05, 0.1) is 5.60 Å². The third-order valence-corrected chi connectivity index (χ3v) is 4.63. The van der Waals surface area contributed by atoms with Crippen LogP contribution in [0.3, 0.4) is 0 Å². The van der Waals surface area contributed by atoms with Crippen molar-refractivity contribution in [2.45, 2.75) is 83.8 Å². The molecule has 1 aliphatic rings. The fraction of sp³-hybridized carbons (Fsp3) is 1.00. The van der Waals surface area contributed by atoms with Crippen LogP contribution in [-0.2, 0) is 4.74 Å². The molecule has 1 unspecified atom stereocenters.